The average Bonchev–Trinajstić information content (AvgIpc) is 3.55. The molecule has 1 aromatic carbocycles. The number of nitrogens with zero attached hydrogens (tertiary/aromatic N) is 2. The molecule has 3 heterocycles. The van der Waals surface area contributed by atoms with Crippen LogP contribution in [0.25, 0.3) is 11.5 Å². The van der Waals surface area contributed by atoms with E-state index in [0.717, 1.165) is 42.0 Å². The molecule has 0 bridgehead atoms. The Labute approximate surface area is 192 Å². The molecule has 3 aromatic rings. The molecule has 2 aliphatic rings. The number of benzene rings is 1. The molecule has 1 aliphatic heterocycles. The van der Waals surface area contributed by atoms with E-state index in [2.05, 4.69) is 5.32 Å². The lowest BCUT2D eigenvalue weighted by Gasteiger charge is -2.44. The van der Waals surface area contributed by atoms with E-state index in [1.54, 1.807) is 22.9 Å². The van der Waals surface area contributed by atoms with Gasteiger partial charge in [0.1, 0.15) is 17.0 Å². The normalized spacial score (nSPS) is 21.1. The van der Waals surface area contributed by atoms with E-state index >= 15 is 0 Å². The molecule has 2 aromatic heterocycles. The maximum absolute atomic E-state index is 13.8. The summed E-state index contributed by atoms with van der Waals surface area (Å²) in [5.41, 5.74) is 1.01. The van der Waals surface area contributed by atoms with Crippen molar-refractivity contribution < 1.29 is 14.0 Å². The van der Waals surface area contributed by atoms with Gasteiger partial charge in [-0.05, 0) is 68.5 Å². The number of hydrogen-bond donors (Lipinski definition) is 1. The Morgan fingerprint density at radius 2 is 1.91 bits per heavy atom. The largest absolute Gasteiger partial charge is 0.463 e. The minimum absolute atomic E-state index is 0.114. The molecule has 0 unspecified atom stereocenters. The molecule has 1 saturated carbocycles. The van der Waals surface area contributed by atoms with Crippen LogP contribution in [-0.2, 0) is 11.3 Å². The molecular weight excluding hydrogens is 422 g/mol. The molecule has 0 spiro atoms. The Hall–Kier alpha value is -2.93. The lowest BCUT2D eigenvalue weighted by molar-refractivity contribution is -0.127. The third-order valence-corrected chi connectivity index (χ3v) is 7.35. The molecular formula is C25H27N3O3S. The molecule has 2 amide bonds. The average molecular weight is 450 g/mol. The first-order valence-corrected chi connectivity index (χ1v) is 12.3. The SMILES string of the molecule is CSc1cccc(N2C(=O)c3ccc(-c4ccco4)n3C[C@@]2(C)C(=O)NC2CCCC2)c1. The first-order chi connectivity index (χ1) is 15.5. The molecule has 7 heteroatoms. The van der Waals surface area contributed by atoms with Gasteiger partial charge in [-0.25, -0.2) is 0 Å². The quantitative estimate of drug-likeness (QED) is 0.560. The van der Waals surface area contributed by atoms with Gasteiger partial charge in [0.15, 0.2) is 0 Å². The van der Waals surface area contributed by atoms with Crippen molar-refractivity contribution in [2.45, 2.75) is 55.6 Å². The highest BCUT2D eigenvalue weighted by Crippen LogP contribution is 2.37. The number of furan rings is 1. The highest BCUT2D eigenvalue weighted by Gasteiger charge is 2.49. The molecule has 1 N–H and O–H groups in total. The summed E-state index contributed by atoms with van der Waals surface area (Å²) in [5.74, 6) is 0.383. The van der Waals surface area contributed by atoms with Crippen molar-refractivity contribution in [1.82, 2.24) is 9.88 Å². The van der Waals surface area contributed by atoms with E-state index in [-0.39, 0.29) is 17.9 Å². The zero-order chi connectivity index (χ0) is 22.3. The molecule has 6 nitrogen and oxygen atoms in total. The number of fused-ring (bicyclic) bond motifs is 1. The van der Waals surface area contributed by atoms with Gasteiger partial charge in [-0.2, -0.15) is 0 Å². The van der Waals surface area contributed by atoms with Crippen LogP contribution in [-0.4, -0.2) is 34.2 Å². The number of amides is 2. The van der Waals surface area contributed by atoms with Crippen LogP contribution < -0.4 is 10.2 Å². The van der Waals surface area contributed by atoms with Crippen molar-refractivity contribution in [2.24, 2.45) is 0 Å². The highest BCUT2D eigenvalue weighted by atomic mass is 32.2. The van der Waals surface area contributed by atoms with Crippen LogP contribution >= 0.6 is 11.8 Å². The summed E-state index contributed by atoms with van der Waals surface area (Å²) in [6.45, 7) is 2.22. The monoisotopic (exact) mass is 449 g/mol. The Bertz CT molecular complexity index is 1150. The molecule has 32 heavy (non-hydrogen) atoms. The molecule has 1 aliphatic carbocycles. The summed E-state index contributed by atoms with van der Waals surface area (Å²) in [7, 11) is 0. The number of rotatable bonds is 5. The number of nitrogens with one attached hydrogen (secondary N) is 1. The predicted molar refractivity (Wildman–Crippen MR) is 126 cm³/mol. The van der Waals surface area contributed by atoms with Crippen LogP contribution in [0.4, 0.5) is 5.69 Å². The summed E-state index contributed by atoms with van der Waals surface area (Å²) in [5, 5.41) is 3.24. The van der Waals surface area contributed by atoms with E-state index < -0.39 is 5.54 Å². The Morgan fingerprint density at radius 1 is 1.12 bits per heavy atom. The van der Waals surface area contributed by atoms with Crippen LogP contribution in [0.15, 0.2) is 64.1 Å². The van der Waals surface area contributed by atoms with Gasteiger partial charge in [-0.1, -0.05) is 18.9 Å². The number of hydrogen-bond acceptors (Lipinski definition) is 4. The second-order valence-electron chi connectivity index (χ2n) is 8.74. The number of thioether (sulfide) groups is 1. The van der Waals surface area contributed by atoms with Crippen molar-refractivity contribution in [3.05, 3.63) is 60.5 Å². The fraction of sp³-hybridized carbons (Fsp3) is 0.360. The van der Waals surface area contributed by atoms with Gasteiger partial charge in [-0.3, -0.25) is 14.5 Å². The van der Waals surface area contributed by atoms with Gasteiger partial charge in [0.25, 0.3) is 5.91 Å². The van der Waals surface area contributed by atoms with Crippen molar-refractivity contribution >= 4 is 29.3 Å². The zero-order valence-electron chi connectivity index (χ0n) is 18.3. The third-order valence-electron chi connectivity index (χ3n) is 6.63. The second kappa shape index (κ2) is 8.20. The first-order valence-electron chi connectivity index (χ1n) is 11.0. The Balaban J connectivity index is 1.61. The van der Waals surface area contributed by atoms with Gasteiger partial charge >= 0.3 is 0 Å². The molecule has 5 rings (SSSR count). The fourth-order valence-electron chi connectivity index (χ4n) is 4.92. The lowest BCUT2D eigenvalue weighted by Crippen LogP contribution is -2.65. The molecule has 0 radical (unpaired) electrons. The predicted octanol–water partition coefficient (Wildman–Crippen LogP) is 4.95. The summed E-state index contributed by atoms with van der Waals surface area (Å²) in [4.78, 5) is 30.3. The minimum Gasteiger partial charge on any atom is -0.463 e. The fourth-order valence-corrected chi connectivity index (χ4v) is 5.37. The van der Waals surface area contributed by atoms with Gasteiger partial charge in [-0.15, -0.1) is 11.8 Å². The smallest absolute Gasteiger partial charge is 0.275 e. The van der Waals surface area contributed by atoms with Gasteiger partial charge in [0.05, 0.1) is 18.5 Å². The summed E-state index contributed by atoms with van der Waals surface area (Å²) in [6.07, 6.45) is 7.86. The minimum atomic E-state index is -1.08. The van der Waals surface area contributed by atoms with Crippen molar-refractivity contribution in [2.75, 3.05) is 11.2 Å². The van der Waals surface area contributed by atoms with Crippen LogP contribution in [0.5, 0.6) is 0 Å². The van der Waals surface area contributed by atoms with Crippen molar-refractivity contribution in [3.63, 3.8) is 0 Å². The maximum Gasteiger partial charge on any atom is 0.275 e. The van der Waals surface area contributed by atoms with Gasteiger partial charge < -0.3 is 14.3 Å². The van der Waals surface area contributed by atoms with Crippen LogP contribution in [0.1, 0.15) is 43.1 Å². The summed E-state index contributed by atoms with van der Waals surface area (Å²) < 4.78 is 7.53. The molecule has 1 atom stereocenters. The standard InChI is InChI=1S/C25H27N3O3S/c1-25(24(30)26-17-7-3-4-8-17)16-27-20(22-11-6-14-31-22)12-13-21(27)23(29)28(25)18-9-5-10-19(15-18)32-2/h5-6,9-15,17H,3-4,7-8,16H2,1-2H3,(H,26,30)/t25-/m0/s1. The van der Waals surface area contributed by atoms with Crippen LogP contribution in [0.2, 0.25) is 0 Å². The van der Waals surface area contributed by atoms with Crippen molar-refractivity contribution in [3.8, 4) is 11.5 Å². The molecule has 0 saturated heterocycles. The number of carbonyl (C=O) groups is 2. The Kier molecular flexibility index (Phi) is 5.37. The van der Waals surface area contributed by atoms with E-state index in [4.69, 9.17) is 4.42 Å². The van der Waals surface area contributed by atoms with E-state index in [0.29, 0.717) is 18.0 Å². The van der Waals surface area contributed by atoms with E-state index in [1.807, 2.05) is 66.3 Å². The molecule has 1 fully saturated rings. The first kappa shape index (κ1) is 20.9. The highest BCUT2D eigenvalue weighted by molar-refractivity contribution is 7.98. The Morgan fingerprint density at radius 3 is 2.62 bits per heavy atom. The maximum atomic E-state index is 13.8. The summed E-state index contributed by atoms with van der Waals surface area (Å²) >= 11 is 1.61. The number of carbonyl (C=O) groups excluding carboxylic acids is 2. The van der Waals surface area contributed by atoms with Crippen LogP contribution in [0, 0.1) is 0 Å². The van der Waals surface area contributed by atoms with Gasteiger partial charge in [0.2, 0.25) is 5.91 Å². The zero-order valence-corrected chi connectivity index (χ0v) is 19.2. The lowest BCUT2D eigenvalue weighted by atomic mass is 9.93. The number of aromatic nitrogens is 1. The van der Waals surface area contributed by atoms with Crippen LogP contribution in [0.3, 0.4) is 0 Å². The second-order valence-corrected chi connectivity index (χ2v) is 9.62. The van der Waals surface area contributed by atoms with Crippen molar-refractivity contribution in [1.29, 1.82) is 0 Å². The van der Waals surface area contributed by atoms with Gasteiger partial charge in [0, 0.05) is 16.6 Å². The van der Waals surface area contributed by atoms with E-state index in [9.17, 15) is 9.59 Å². The topological polar surface area (TPSA) is 67.5 Å². The molecule has 166 valence electrons. The number of anilines is 1. The third kappa shape index (κ3) is 3.45. The summed E-state index contributed by atoms with van der Waals surface area (Å²) in [6, 6.07) is 15.4. The van der Waals surface area contributed by atoms with E-state index in [1.165, 1.54) is 0 Å².